The summed E-state index contributed by atoms with van der Waals surface area (Å²) in [5.74, 6) is 0. The van der Waals surface area contributed by atoms with Gasteiger partial charge in [0.1, 0.15) is 4.75 Å². The lowest BCUT2D eigenvalue weighted by atomic mass is 9.99. The molecule has 3 nitrogen and oxygen atoms in total. The van der Waals surface area contributed by atoms with Crippen LogP contribution in [0.15, 0.2) is 36.5 Å². The first kappa shape index (κ1) is 13.0. The Morgan fingerprint density at radius 2 is 1.94 bits per heavy atom. The first-order valence-corrected chi connectivity index (χ1v) is 5.69. The minimum absolute atomic E-state index is 0.190. The van der Waals surface area contributed by atoms with Crippen LogP contribution in [0.2, 0.25) is 0 Å². The predicted octanol–water partition coefficient (Wildman–Crippen LogP) is 2.25. The first-order chi connectivity index (χ1) is 7.16. The van der Waals surface area contributed by atoms with Gasteiger partial charge in [0.15, 0.2) is 0 Å². The van der Waals surface area contributed by atoms with Crippen molar-refractivity contribution in [2.45, 2.75) is 17.3 Å². The van der Waals surface area contributed by atoms with Crippen molar-refractivity contribution in [2.24, 2.45) is 0 Å². The van der Waals surface area contributed by atoms with Crippen molar-refractivity contribution in [1.82, 2.24) is 0 Å². The van der Waals surface area contributed by atoms with Crippen LogP contribution in [0, 0.1) is 0 Å². The van der Waals surface area contributed by atoms with Gasteiger partial charge in [-0.1, -0.05) is 30.4 Å². The molecule has 0 bridgehead atoms. The molecular formula is C9H9F3O3S. The maximum absolute atomic E-state index is 12.0. The largest absolute Gasteiger partial charge is 0.409 e. The second-order valence-corrected chi connectivity index (χ2v) is 5.01. The summed E-state index contributed by atoms with van der Waals surface area (Å²) < 4.78 is 65.0. The number of alkyl halides is 3. The standard InChI is InChI=1S/C9H9F3O3S/c10-9(11,12)7-6-8(16(13,14)15)4-2-1-3-5-8/h1-4,6-7H,5H2,(H,13,14,15). The van der Waals surface area contributed by atoms with E-state index in [1.54, 1.807) is 0 Å². The molecular weight excluding hydrogens is 245 g/mol. The van der Waals surface area contributed by atoms with Gasteiger partial charge in [-0.2, -0.15) is 21.6 Å². The van der Waals surface area contributed by atoms with Crippen LogP contribution in [0.5, 0.6) is 0 Å². The molecule has 0 spiro atoms. The second kappa shape index (κ2) is 4.06. The normalized spacial score (nSPS) is 26.5. The van der Waals surface area contributed by atoms with E-state index in [1.807, 2.05) is 0 Å². The Balaban J connectivity index is 3.14. The Morgan fingerprint density at radius 1 is 1.31 bits per heavy atom. The Morgan fingerprint density at radius 3 is 2.31 bits per heavy atom. The zero-order chi connectivity index (χ0) is 12.4. The van der Waals surface area contributed by atoms with Gasteiger partial charge in [0.25, 0.3) is 10.1 Å². The lowest BCUT2D eigenvalue weighted by Gasteiger charge is -2.24. The molecule has 0 aliphatic heterocycles. The summed E-state index contributed by atoms with van der Waals surface area (Å²) >= 11 is 0. The SMILES string of the molecule is O=S(=O)(O)C1(C=CC(F)(F)F)C=CC=CC1. The molecule has 1 aliphatic carbocycles. The van der Waals surface area contributed by atoms with E-state index in [-0.39, 0.29) is 12.5 Å². The van der Waals surface area contributed by atoms with E-state index in [2.05, 4.69) is 0 Å². The molecule has 0 aromatic heterocycles. The van der Waals surface area contributed by atoms with Gasteiger partial charge in [-0.3, -0.25) is 4.55 Å². The van der Waals surface area contributed by atoms with E-state index in [1.165, 1.54) is 18.2 Å². The van der Waals surface area contributed by atoms with E-state index in [9.17, 15) is 21.6 Å². The van der Waals surface area contributed by atoms with Crippen LogP contribution in [0.1, 0.15) is 6.42 Å². The zero-order valence-corrected chi connectivity index (χ0v) is 8.79. The fraction of sp³-hybridized carbons (Fsp3) is 0.333. The molecule has 1 unspecified atom stereocenters. The number of allylic oxidation sites excluding steroid dienone is 4. The average Bonchev–Trinajstić information content (AvgIpc) is 2.13. The van der Waals surface area contributed by atoms with Crippen molar-refractivity contribution in [3.63, 3.8) is 0 Å². The van der Waals surface area contributed by atoms with Gasteiger partial charge in [-0.15, -0.1) is 0 Å². The molecule has 7 heteroatoms. The van der Waals surface area contributed by atoms with E-state index in [4.69, 9.17) is 4.55 Å². The number of hydrogen-bond donors (Lipinski definition) is 1. The molecule has 0 aromatic carbocycles. The highest BCUT2D eigenvalue weighted by Gasteiger charge is 2.39. The summed E-state index contributed by atoms with van der Waals surface area (Å²) in [6, 6.07) is 0. The summed E-state index contributed by atoms with van der Waals surface area (Å²) in [5.41, 5.74) is 0. The van der Waals surface area contributed by atoms with Gasteiger partial charge >= 0.3 is 6.18 Å². The Labute approximate surface area is 90.7 Å². The minimum atomic E-state index is -4.63. The van der Waals surface area contributed by atoms with Crippen molar-refractivity contribution in [3.05, 3.63) is 36.5 Å². The molecule has 1 atom stereocenters. The van der Waals surface area contributed by atoms with Crippen LogP contribution in [0.3, 0.4) is 0 Å². The maximum atomic E-state index is 12.0. The lowest BCUT2D eigenvalue weighted by molar-refractivity contribution is -0.0801. The van der Waals surface area contributed by atoms with Crippen molar-refractivity contribution in [2.75, 3.05) is 0 Å². The average molecular weight is 254 g/mol. The van der Waals surface area contributed by atoms with Gasteiger partial charge in [0, 0.05) is 6.08 Å². The van der Waals surface area contributed by atoms with Gasteiger partial charge in [-0.25, -0.2) is 0 Å². The fourth-order valence-corrected chi connectivity index (χ4v) is 2.05. The quantitative estimate of drug-likeness (QED) is 0.607. The summed E-state index contributed by atoms with van der Waals surface area (Å²) in [6.45, 7) is 0. The molecule has 16 heavy (non-hydrogen) atoms. The number of halogens is 3. The molecule has 0 fully saturated rings. The molecule has 0 radical (unpaired) electrons. The van der Waals surface area contributed by atoms with E-state index in [0.29, 0.717) is 6.08 Å². The summed E-state index contributed by atoms with van der Waals surface area (Å²) in [6.07, 6.45) is 0.566. The van der Waals surface area contributed by atoms with Gasteiger partial charge in [-0.05, 0) is 6.42 Å². The minimum Gasteiger partial charge on any atom is -0.285 e. The molecule has 90 valence electrons. The highest BCUT2D eigenvalue weighted by Crippen LogP contribution is 2.30. The molecule has 1 N–H and O–H groups in total. The van der Waals surface area contributed by atoms with E-state index < -0.39 is 21.0 Å². The fourth-order valence-electron chi connectivity index (χ4n) is 1.25. The van der Waals surface area contributed by atoms with Gasteiger partial charge < -0.3 is 0 Å². The van der Waals surface area contributed by atoms with Crippen LogP contribution in [-0.2, 0) is 10.1 Å². The maximum Gasteiger partial charge on any atom is 0.409 e. The molecule has 0 saturated heterocycles. The van der Waals surface area contributed by atoms with Gasteiger partial charge in [0.05, 0.1) is 0 Å². The third kappa shape index (κ3) is 2.96. The van der Waals surface area contributed by atoms with Gasteiger partial charge in [0.2, 0.25) is 0 Å². The Bertz CT molecular complexity index is 445. The van der Waals surface area contributed by atoms with Crippen LogP contribution in [-0.4, -0.2) is 23.9 Å². The summed E-state index contributed by atoms with van der Waals surface area (Å²) in [5, 5.41) is 0. The number of hydrogen-bond acceptors (Lipinski definition) is 2. The smallest absolute Gasteiger partial charge is 0.285 e. The van der Waals surface area contributed by atoms with Crippen LogP contribution >= 0.6 is 0 Å². The summed E-state index contributed by atoms with van der Waals surface area (Å²) in [7, 11) is -4.63. The van der Waals surface area contributed by atoms with Crippen LogP contribution in [0.25, 0.3) is 0 Å². The number of rotatable bonds is 2. The molecule has 1 rings (SSSR count). The van der Waals surface area contributed by atoms with Crippen molar-refractivity contribution >= 4 is 10.1 Å². The highest BCUT2D eigenvalue weighted by atomic mass is 32.2. The molecule has 0 heterocycles. The Hall–Kier alpha value is -1.08. The predicted molar refractivity (Wildman–Crippen MR) is 52.4 cm³/mol. The van der Waals surface area contributed by atoms with Crippen LogP contribution < -0.4 is 0 Å². The molecule has 1 aliphatic rings. The molecule has 0 amide bonds. The van der Waals surface area contributed by atoms with E-state index >= 15 is 0 Å². The van der Waals surface area contributed by atoms with Crippen molar-refractivity contribution in [3.8, 4) is 0 Å². The van der Waals surface area contributed by atoms with Crippen LogP contribution in [0.4, 0.5) is 13.2 Å². The summed E-state index contributed by atoms with van der Waals surface area (Å²) in [4.78, 5) is 0. The zero-order valence-electron chi connectivity index (χ0n) is 7.98. The first-order valence-electron chi connectivity index (χ1n) is 4.25. The lowest BCUT2D eigenvalue weighted by Crippen LogP contribution is -2.35. The third-order valence-electron chi connectivity index (χ3n) is 2.10. The second-order valence-electron chi connectivity index (χ2n) is 3.30. The van der Waals surface area contributed by atoms with E-state index in [0.717, 1.165) is 6.08 Å². The van der Waals surface area contributed by atoms with Crippen molar-refractivity contribution < 1.29 is 26.1 Å². The Kier molecular flexibility index (Phi) is 3.30. The molecule has 0 saturated carbocycles. The topological polar surface area (TPSA) is 54.4 Å². The third-order valence-corrected chi connectivity index (χ3v) is 3.50. The van der Waals surface area contributed by atoms with Crippen molar-refractivity contribution in [1.29, 1.82) is 0 Å². The molecule has 0 aromatic rings. The highest BCUT2D eigenvalue weighted by molar-refractivity contribution is 7.87. The monoisotopic (exact) mass is 254 g/mol.